The van der Waals surface area contributed by atoms with Crippen molar-refractivity contribution in [2.24, 2.45) is 0 Å². The van der Waals surface area contributed by atoms with Gasteiger partial charge in [-0.1, -0.05) is 0 Å². The van der Waals surface area contributed by atoms with Crippen LogP contribution in [0.3, 0.4) is 0 Å². The summed E-state index contributed by atoms with van der Waals surface area (Å²) < 4.78 is 24.2. The lowest BCUT2D eigenvalue weighted by Gasteiger charge is -2.23. The third kappa shape index (κ3) is 4.35. The van der Waals surface area contributed by atoms with Crippen molar-refractivity contribution in [3.8, 4) is 11.8 Å². The molecule has 0 bridgehead atoms. The van der Waals surface area contributed by atoms with E-state index in [9.17, 15) is 9.18 Å². The Morgan fingerprint density at radius 3 is 2.64 bits per heavy atom. The van der Waals surface area contributed by atoms with Gasteiger partial charge in [-0.3, -0.25) is 0 Å². The highest BCUT2D eigenvalue weighted by atomic mass is 19.1. The minimum Gasteiger partial charge on any atom is -0.491 e. The molecule has 1 aliphatic rings. The molecule has 0 spiro atoms. The number of amides is 1. The van der Waals surface area contributed by atoms with Crippen molar-refractivity contribution in [1.82, 2.24) is 5.32 Å². The molecule has 22 heavy (non-hydrogen) atoms. The maximum atomic E-state index is 13.5. The summed E-state index contributed by atoms with van der Waals surface area (Å²) in [5.74, 6) is -0.293. The van der Waals surface area contributed by atoms with Gasteiger partial charge in [0.05, 0.1) is 11.1 Å². The number of carbonyl (C=O) groups is 1. The van der Waals surface area contributed by atoms with E-state index in [2.05, 4.69) is 5.32 Å². The molecular weight excluding hydrogens is 287 g/mol. The third-order valence-electron chi connectivity index (χ3n) is 3.20. The number of nitriles is 1. The number of hydrogen-bond acceptors (Lipinski definition) is 4. The molecule has 118 valence electrons. The van der Waals surface area contributed by atoms with Gasteiger partial charge in [-0.25, -0.2) is 9.18 Å². The van der Waals surface area contributed by atoms with Gasteiger partial charge in [0.1, 0.15) is 29.8 Å². The van der Waals surface area contributed by atoms with Gasteiger partial charge in [0, 0.05) is 6.07 Å². The van der Waals surface area contributed by atoms with E-state index in [-0.39, 0.29) is 12.2 Å². The van der Waals surface area contributed by atoms with Crippen molar-refractivity contribution in [3.05, 3.63) is 29.6 Å². The van der Waals surface area contributed by atoms with Crippen LogP contribution in [-0.2, 0) is 4.74 Å². The van der Waals surface area contributed by atoms with Crippen molar-refractivity contribution in [2.75, 3.05) is 6.61 Å². The average Bonchev–Trinajstić information content (AvgIpc) is 3.14. The van der Waals surface area contributed by atoms with Crippen LogP contribution in [0.2, 0.25) is 0 Å². The van der Waals surface area contributed by atoms with Crippen LogP contribution in [0.15, 0.2) is 18.2 Å². The van der Waals surface area contributed by atoms with Crippen molar-refractivity contribution in [3.63, 3.8) is 0 Å². The number of nitrogens with one attached hydrogen (secondary N) is 1. The molecule has 1 aromatic carbocycles. The maximum absolute atomic E-state index is 13.5. The molecule has 5 nitrogen and oxygen atoms in total. The minimum absolute atomic E-state index is 0.0274. The molecule has 6 heteroatoms. The van der Waals surface area contributed by atoms with Gasteiger partial charge >= 0.3 is 6.09 Å². The smallest absolute Gasteiger partial charge is 0.408 e. The fourth-order valence-corrected chi connectivity index (χ4v) is 1.87. The quantitative estimate of drug-likeness (QED) is 0.927. The zero-order chi connectivity index (χ0) is 16.4. The second kappa shape index (κ2) is 5.84. The zero-order valence-corrected chi connectivity index (χ0v) is 12.9. The second-order valence-electron chi connectivity index (χ2n) is 6.45. The summed E-state index contributed by atoms with van der Waals surface area (Å²) in [6.45, 7) is 5.62. The molecule has 0 saturated heterocycles. The Balaban J connectivity index is 1.90. The van der Waals surface area contributed by atoms with Gasteiger partial charge in [-0.15, -0.1) is 0 Å². The summed E-state index contributed by atoms with van der Waals surface area (Å²) in [4.78, 5) is 11.8. The molecule has 0 atom stereocenters. The number of alkyl carbamates (subject to hydrolysis) is 1. The van der Waals surface area contributed by atoms with Gasteiger partial charge in [-0.2, -0.15) is 5.26 Å². The molecule has 1 N–H and O–H groups in total. The van der Waals surface area contributed by atoms with Crippen molar-refractivity contribution >= 4 is 6.09 Å². The lowest BCUT2D eigenvalue weighted by molar-refractivity contribution is 0.0477. The average molecular weight is 306 g/mol. The molecule has 1 aromatic rings. The first-order chi connectivity index (χ1) is 10.2. The van der Waals surface area contributed by atoms with E-state index in [0.29, 0.717) is 5.75 Å². The summed E-state index contributed by atoms with van der Waals surface area (Å²) in [7, 11) is 0. The monoisotopic (exact) mass is 306 g/mol. The van der Waals surface area contributed by atoms with Gasteiger partial charge in [0.2, 0.25) is 0 Å². The van der Waals surface area contributed by atoms with Crippen LogP contribution in [0.1, 0.15) is 39.2 Å². The van der Waals surface area contributed by atoms with E-state index >= 15 is 0 Å². The Labute approximate surface area is 129 Å². The van der Waals surface area contributed by atoms with Crippen molar-refractivity contribution in [2.45, 2.75) is 44.8 Å². The Hall–Kier alpha value is -2.29. The number of rotatable bonds is 4. The van der Waals surface area contributed by atoms with Crippen LogP contribution in [0, 0.1) is 17.1 Å². The Bertz CT molecular complexity index is 613. The molecule has 0 aliphatic heterocycles. The van der Waals surface area contributed by atoms with E-state index in [1.165, 1.54) is 18.2 Å². The van der Waals surface area contributed by atoms with Gasteiger partial charge in [0.25, 0.3) is 0 Å². The van der Waals surface area contributed by atoms with Crippen molar-refractivity contribution < 1.29 is 18.7 Å². The summed E-state index contributed by atoms with van der Waals surface area (Å²) >= 11 is 0. The van der Waals surface area contributed by atoms with Crippen LogP contribution in [0.5, 0.6) is 5.75 Å². The Morgan fingerprint density at radius 2 is 2.14 bits per heavy atom. The largest absolute Gasteiger partial charge is 0.491 e. The SMILES string of the molecule is CC(C)(C)OC(=O)NC1(COc2ccc(C#N)c(F)c2)CC1. The first-order valence-corrected chi connectivity index (χ1v) is 7.07. The number of nitrogens with zero attached hydrogens (tertiary/aromatic N) is 1. The van der Waals surface area contributed by atoms with E-state index in [0.717, 1.165) is 12.8 Å². The lowest BCUT2D eigenvalue weighted by atomic mass is 10.2. The summed E-state index contributed by atoms with van der Waals surface area (Å²) in [5, 5.41) is 11.5. The predicted molar refractivity (Wildman–Crippen MR) is 77.9 cm³/mol. The van der Waals surface area contributed by atoms with Crippen molar-refractivity contribution in [1.29, 1.82) is 5.26 Å². The number of hydrogen-bond donors (Lipinski definition) is 1. The summed E-state index contributed by atoms with van der Waals surface area (Å²) in [6, 6.07) is 5.82. The lowest BCUT2D eigenvalue weighted by Crippen LogP contribution is -2.44. The summed E-state index contributed by atoms with van der Waals surface area (Å²) in [6.07, 6.45) is 1.08. The highest BCUT2D eigenvalue weighted by molar-refractivity contribution is 5.69. The number of benzene rings is 1. The minimum atomic E-state index is -0.620. The molecule has 0 aromatic heterocycles. The van der Waals surface area contributed by atoms with E-state index in [1.807, 2.05) is 0 Å². The zero-order valence-electron chi connectivity index (χ0n) is 12.9. The van der Waals surface area contributed by atoms with Crippen LogP contribution in [-0.4, -0.2) is 23.8 Å². The highest BCUT2D eigenvalue weighted by Gasteiger charge is 2.46. The van der Waals surface area contributed by atoms with Crippen LogP contribution >= 0.6 is 0 Å². The van der Waals surface area contributed by atoms with E-state index < -0.39 is 23.1 Å². The second-order valence-corrected chi connectivity index (χ2v) is 6.45. The molecule has 0 unspecified atom stereocenters. The van der Waals surface area contributed by atoms with Gasteiger partial charge in [0.15, 0.2) is 0 Å². The molecular formula is C16H19FN2O3. The first-order valence-electron chi connectivity index (χ1n) is 7.07. The molecule has 1 amide bonds. The molecule has 1 aliphatic carbocycles. The Kier molecular flexibility index (Phi) is 4.27. The molecule has 2 rings (SSSR count). The van der Waals surface area contributed by atoms with Gasteiger partial charge < -0.3 is 14.8 Å². The van der Waals surface area contributed by atoms with E-state index in [4.69, 9.17) is 14.7 Å². The van der Waals surface area contributed by atoms with Crippen LogP contribution in [0.4, 0.5) is 9.18 Å². The van der Waals surface area contributed by atoms with Crippen LogP contribution < -0.4 is 10.1 Å². The number of carbonyl (C=O) groups excluding carboxylic acids is 1. The Morgan fingerprint density at radius 1 is 1.45 bits per heavy atom. The third-order valence-corrected chi connectivity index (χ3v) is 3.20. The molecule has 0 radical (unpaired) electrons. The standard InChI is InChI=1S/C16H19FN2O3/c1-15(2,3)22-14(20)19-16(6-7-16)10-21-12-5-4-11(9-18)13(17)8-12/h4-5,8H,6-7,10H2,1-3H3,(H,19,20). The predicted octanol–water partition coefficient (Wildman–Crippen LogP) is 3.13. The maximum Gasteiger partial charge on any atom is 0.408 e. The first kappa shape index (κ1) is 16.1. The molecule has 1 saturated carbocycles. The van der Waals surface area contributed by atoms with Crippen LogP contribution in [0.25, 0.3) is 0 Å². The van der Waals surface area contributed by atoms with E-state index in [1.54, 1.807) is 26.8 Å². The summed E-state index contributed by atoms with van der Waals surface area (Å²) in [5.41, 5.74) is -1.04. The number of halogens is 1. The fourth-order valence-electron chi connectivity index (χ4n) is 1.87. The molecule has 1 fully saturated rings. The normalized spacial score (nSPS) is 15.6. The highest BCUT2D eigenvalue weighted by Crippen LogP contribution is 2.36. The fraction of sp³-hybridized carbons (Fsp3) is 0.500. The number of ether oxygens (including phenoxy) is 2. The topological polar surface area (TPSA) is 71.3 Å². The molecule has 0 heterocycles. The van der Waals surface area contributed by atoms with Gasteiger partial charge in [-0.05, 0) is 45.7 Å².